The fourth-order valence-corrected chi connectivity index (χ4v) is 1.80. The van der Waals surface area contributed by atoms with Crippen LogP contribution in [0.25, 0.3) is 0 Å². The van der Waals surface area contributed by atoms with Crippen molar-refractivity contribution >= 4 is 11.6 Å². The van der Waals surface area contributed by atoms with Crippen LogP contribution in [-0.2, 0) is 0 Å². The first-order valence-corrected chi connectivity index (χ1v) is 6.79. The van der Waals surface area contributed by atoms with Crippen molar-refractivity contribution < 1.29 is 14.3 Å². The summed E-state index contributed by atoms with van der Waals surface area (Å²) in [7, 11) is 0. The molecule has 0 aromatic heterocycles. The molecule has 0 bridgehead atoms. The molecule has 1 aromatic carbocycles. The van der Waals surface area contributed by atoms with Gasteiger partial charge in [-0.15, -0.1) is 0 Å². The molecule has 5 heteroatoms. The van der Waals surface area contributed by atoms with Gasteiger partial charge in [0, 0.05) is 11.3 Å². The largest absolute Gasteiger partial charge is 0.454 e. The highest BCUT2D eigenvalue weighted by molar-refractivity contribution is 5.95. The third-order valence-corrected chi connectivity index (χ3v) is 3.07. The maximum absolute atomic E-state index is 12.0. The zero-order chi connectivity index (χ0) is 14.5. The quantitative estimate of drug-likeness (QED) is 0.664. The maximum Gasteiger partial charge on any atom is 0.271 e. The SMILES string of the molecule is CC(CCC(C)C)=NNC(=O)c1ccc2c(c1)OCO2. The topological polar surface area (TPSA) is 59.9 Å². The van der Waals surface area contributed by atoms with E-state index in [2.05, 4.69) is 24.4 Å². The van der Waals surface area contributed by atoms with E-state index in [1.807, 2.05) is 6.92 Å². The second kappa shape index (κ2) is 6.41. The van der Waals surface area contributed by atoms with Gasteiger partial charge in [-0.1, -0.05) is 13.8 Å². The van der Waals surface area contributed by atoms with Crippen LogP contribution in [0.5, 0.6) is 11.5 Å². The monoisotopic (exact) mass is 276 g/mol. The van der Waals surface area contributed by atoms with E-state index >= 15 is 0 Å². The summed E-state index contributed by atoms with van der Waals surface area (Å²) in [4.78, 5) is 12.0. The van der Waals surface area contributed by atoms with Crippen molar-refractivity contribution in [3.8, 4) is 11.5 Å². The Kier molecular flexibility index (Phi) is 4.61. The number of fused-ring (bicyclic) bond motifs is 1. The van der Waals surface area contributed by atoms with Gasteiger partial charge in [0.05, 0.1) is 0 Å². The van der Waals surface area contributed by atoms with Crippen LogP contribution in [0.4, 0.5) is 0 Å². The lowest BCUT2D eigenvalue weighted by molar-refractivity contribution is 0.0954. The smallest absolute Gasteiger partial charge is 0.271 e. The fraction of sp³-hybridized carbons (Fsp3) is 0.467. The van der Waals surface area contributed by atoms with Gasteiger partial charge in [-0.05, 0) is 43.9 Å². The van der Waals surface area contributed by atoms with Crippen LogP contribution in [0.1, 0.15) is 44.0 Å². The highest BCUT2D eigenvalue weighted by Gasteiger charge is 2.15. The third-order valence-electron chi connectivity index (χ3n) is 3.07. The zero-order valence-corrected chi connectivity index (χ0v) is 12.1. The Morgan fingerprint density at radius 3 is 2.85 bits per heavy atom. The molecule has 1 aliphatic rings. The second-order valence-electron chi connectivity index (χ2n) is 5.29. The number of nitrogens with zero attached hydrogens (tertiary/aromatic N) is 1. The van der Waals surface area contributed by atoms with Crippen molar-refractivity contribution in [2.75, 3.05) is 6.79 Å². The lowest BCUT2D eigenvalue weighted by Crippen LogP contribution is -2.19. The molecule has 5 nitrogen and oxygen atoms in total. The molecule has 1 N–H and O–H groups in total. The van der Waals surface area contributed by atoms with Crippen LogP contribution < -0.4 is 14.9 Å². The van der Waals surface area contributed by atoms with E-state index in [-0.39, 0.29) is 12.7 Å². The molecular weight excluding hydrogens is 256 g/mol. The van der Waals surface area contributed by atoms with E-state index in [4.69, 9.17) is 9.47 Å². The van der Waals surface area contributed by atoms with E-state index in [0.29, 0.717) is 23.0 Å². The second-order valence-corrected chi connectivity index (χ2v) is 5.29. The number of nitrogens with one attached hydrogen (secondary N) is 1. The summed E-state index contributed by atoms with van der Waals surface area (Å²) in [6.07, 6.45) is 1.95. The third kappa shape index (κ3) is 3.73. The van der Waals surface area contributed by atoms with Crippen molar-refractivity contribution in [2.24, 2.45) is 11.0 Å². The first-order valence-electron chi connectivity index (χ1n) is 6.79. The van der Waals surface area contributed by atoms with Crippen LogP contribution >= 0.6 is 0 Å². The lowest BCUT2D eigenvalue weighted by Gasteiger charge is -2.05. The minimum atomic E-state index is -0.243. The van der Waals surface area contributed by atoms with Gasteiger partial charge in [-0.2, -0.15) is 5.10 Å². The van der Waals surface area contributed by atoms with Crippen LogP contribution in [-0.4, -0.2) is 18.4 Å². The Hall–Kier alpha value is -2.04. The van der Waals surface area contributed by atoms with Crippen molar-refractivity contribution in [2.45, 2.75) is 33.6 Å². The van der Waals surface area contributed by atoms with Crippen molar-refractivity contribution in [3.05, 3.63) is 23.8 Å². The fourth-order valence-electron chi connectivity index (χ4n) is 1.80. The number of carbonyl (C=O) groups is 1. The van der Waals surface area contributed by atoms with Gasteiger partial charge >= 0.3 is 0 Å². The molecule has 1 aliphatic heterocycles. The van der Waals surface area contributed by atoms with E-state index in [1.54, 1.807) is 18.2 Å². The number of benzene rings is 1. The van der Waals surface area contributed by atoms with Gasteiger partial charge in [0.15, 0.2) is 11.5 Å². The Balaban J connectivity index is 1.93. The summed E-state index contributed by atoms with van der Waals surface area (Å²) in [5.41, 5.74) is 4.00. The average molecular weight is 276 g/mol. The molecule has 1 amide bonds. The van der Waals surface area contributed by atoms with E-state index in [9.17, 15) is 4.79 Å². The molecule has 0 aliphatic carbocycles. The minimum absolute atomic E-state index is 0.201. The molecule has 0 saturated heterocycles. The Bertz CT molecular complexity index is 524. The predicted octanol–water partition coefficient (Wildman–Crippen LogP) is 2.96. The minimum Gasteiger partial charge on any atom is -0.454 e. The number of amides is 1. The first kappa shape index (κ1) is 14.4. The first-order chi connectivity index (χ1) is 9.56. The number of rotatable bonds is 5. The van der Waals surface area contributed by atoms with Gasteiger partial charge < -0.3 is 9.47 Å². The highest BCUT2D eigenvalue weighted by Crippen LogP contribution is 2.32. The summed E-state index contributed by atoms with van der Waals surface area (Å²) < 4.78 is 10.4. The zero-order valence-electron chi connectivity index (χ0n) is 12.1. The number of ether oxygens (including phenoxy) is 2. The molecule has 0 fully saturated rings. The summed E-state index contributed by atoms with van der Waals surface area (Å²) >= 11 is 0. The molecular formula is C15H20N2O3. The van der Waals surface area contributed by atoms with E-state index in [1.165, 1.54) is 0 Å². The molecule has 0 unspecified atom stereocenters. The number of hydrogen-bond acceptors (Lipinski definition) is 4. The molecule has 2 rings (SSSR count). The summed E-state index contributed by atoms with van der Waals surface area (Å²) in [5, 5.41) is 4.11. The lowest BCUT2D eigenvalue weighted by atomic mass is 10.1. The van der Waals surface area contributed by atoms with Crippen molar-refractivity contribution in [1.82, 2.24) is 5.43 Å². The Labute approximate surface area is 119 Å². The van der Waals surface area contributed by atoms with Gasteiger partial charge in [-0.25, -0.2) is 5.43 Å². The van der Waals surface area contributed by atoms with Crippen molar-refractivity contribution in [3.63, 3.8) is 0 Å². The summed E-state index contributed by atoms with van der Waals surface area (Å²) in [6, 6.07) is 5.09. The molecule has 108 valence electrons. The molecule has 0 saturated carbocycles. The van der Waals surface area contributed by atoms with Gasteiger partial charge in [0.25, 0.3) is 5.91 Å². The van der Waals surface area contributed by atoms with Crippen LogP contribution in [0.15, 0.2) is 23.3 Å². The van der Waals surface area contributed by atoms with Crippen LogP contribution in [0, 0.1) is 5.92 Å². The van der Waals surface area contributed by atoms with Crippen LogP contribution in [0.3, 0.4) is 0 Å². The molecule has 0 radical (unpaired) electrons. The van der Waals surface area contributed by atoms with Gasteiger partial charge in [0.2, 0.25) is 6.79 Å². The van der Waals surface area contributed by atoms with Crippen LogP contribution in [0.2, 0.25) is 0 Å². The molecule has 0 atom stereocenters. The molecule has 1 aromatic rings. The van der Waals surface area contributed by atoms with E-state index in [0.717, 1.165) is 18.6 Å². The summed E-state index contributed by atoms with van der Waals surface area (Å²) in [5.74, 6) is 1.65. The average Bonchev–Trinajstić information content (AvgIpc) is 2.89. The highest BCUT2D eigenvalue weighted by atomic mass is 16.7. The Morgan fingerprint density at radius 2 is 2.10 bits per heavy atom. The number of hydrogen-bond donors (Lipinski definition) is 1. The Morgan fingerprint density at radius 1 is 1.35 bits per heavy atom. The van der Waals surface area contributed by atoms with Crippen molar-refractivity contribution in [1.29, 1.82) is 0 Å². The molecule has 20 heavy (non-hydrogen) atoms. The molecule has 1 heterocycles. The van der Waals surface area contributed by atoms with E-state index < -0.39 is 0 Å². The van der Waals surface area contributed by atoms with Gasteiger partial charge in [0.1, 0.15) is 0 Å². The number of carbonyl (C=O) groups excluding carboxylic acids is 1. The predicted molar refractivity (Wildman–Crippen MR) is 77.2 cm³/mol. The molecule has 0 spiro atoms. The maximum atomic E-state index is 12.0. The normalized spacial score (nSPS) is 13.7. The summed E-state index contributed by atoms with van der Waals surface area (Å²) in [6.45, 7) is 6.45. The number of hydrazone groups is 1. The standard InChI is InChI=1S/C15H20N2O3/c1-10(2)4-5-11(3)16-17-15(18)12-6-7-13-14(8-12)20-9-19-13/h6-8,10H,4-5,9H2,1-3H3,(H,17,18). The van der Waals surface area contributed by atoms with Gasteiger partial charge in [-0.3, -0.25) is 4.79 Å².